The van der Waals surface area contributed by atoms with E-state index in [-0.39, 0.29) is 17.4 Å². The van der Waals surface area contributed by atoms with Gasteiger partial charge in [0.2, 0.25) is 0 Å². The molecule has 3 N–H and O–H groups in total. The van der Waals surface area contributed by atoms with E-state index >= 15 is 0 Å². The zero-order chi connectivity index (χ0) is 27.2. The van der Waals surface area contributed by atoms with E-state index in [9.17, 15) is 18.0 Å². The number of carbonyl (C=O) groups is 1. The Bertz CT molecular complexity index is 1410. The number of hydrogen-bond donors (Lipinski definition) is 3. The fourth-order valence-corrected chi connectivity index (χ4v) is 4.46. The molecule has 2 aromatic carbocycles. The van der Waals surface area contributed by atoms with Gasteiger partial charge in [-0.25, -0.2) is 19.7 Å². The maximum atomic E-state index is 12.8. The normalized spacial score (nSPS) is 13.4. The van der Waals surface area contributed by atoms with E-state index in [1.54, 1.807) is 23.5 Å². The second-order valence-electron chi connectivity index (χ2n) is 8.69. The number of rotatable bonds is 9. The number of nitrogens with one attached hydrogen (secondary N) is 3. The summed E-state index contributed by atoms with van der Waals surface area (Å²) < 4.78 is 49.4. The minimum absolute atomic E-state index is 0.00283. The number of carbonyl (C=O) groups excluding carboxylic acids is 1. The standard InChI is InChI=1S/C26H23F3N6O3S/c27-26(28,29)18-2-1-3-19(10-18)34-23(36)35-20-11-31-24(32-12-20)38-21-6-4-17(5-7-21)22-13-33-25(39-22)30-9-8-16-14-37-15-16/h1-7,10-13,16H,8-9,14-15H2,(H,30,33)(H2,34,35,36). The van der Waals surface area contributed by atoms with E-state index in [1.807, 2.05) is 18.3 Å². The Morgan fingerprint density at radius 3 is 2.44 bits per heavy atom. The Hall–Kier alpha value is -4.23. The summed E-state index contributed by atoms with van der Waals surface area (Å²) in [7, 11) is 0. The average Bonchev–Trinajstić information content (AvgIpc) is 3.36. The largest absolute Gasteiger partial charge is 0.424 e. The van der Waals surface area contributed by atoms with E-state index in [0.29, 0.717) is 11.7 Å². The highest BCUT2D eigenvalue weighted by atomic mass is 32.1. The van der Waals surface area contributed by atoms with Crippen molar-refractivity contribution >= 4 is 33.9 Å². The monoisotopic (exact) mass is 556 g/mol. The number of urea groups is 1. The Morgan fingerprint density at radius 2 is 1.74 bits per heavy atom. The molecule has 202 valence electrons. The topological polar surface area (TPSA) is 110 Å². The van der Waals surface area contributed by atoms with Crippen LogP contribution in [0.3, 0.4) is 0 Å². The molecule has 39 heavy (non-hydrogen) atoms. The van der Waals surface area contributed by atoms with Crippen LogP contribution in [0.15, 0.2) is 67.1 Å². The van der Waals surface area contributed by atoms with E-state index in [2.05, 4.69) is 30.9 Å². The number of nitrogens with zero attached hydrogens (tertiary/aromatic N) is 3. The average molecular weight is 557 g/mol. The molecular weight excluding hydrogens is 533 g/mol. The van der Waals surface area contributed by atoms with Crippen LogP contribution in [-0.2, 0) is 10.9 Å². The van der Waals surface area contributed by atoms with Crippen LogP contribution in [-0.4, -0.2) is 40.7 Å². The lowest BCUT2D eigenvalue weighted by Gasteiger charge is -2.25. The molecule has 1 aliphatic rings. The van der Waals surface area contributed by atoms with E-state index in [4.69, 9.17) is 9.47 Å². The van der Waals surface area contributed by atoms with Gasteiger partial charge < -0.3 is 25.4 Å². The number of amides is 2. The maximum absolute atomic E-state index is 12.8. The van der Waals surface area contributed by atoms with E-state index in [0.717, 1.165) is 53.9 Å². The molecule has 0 bridgehead atoms. The Morgan fingerprint density at radius 1 is 1.00 bits per heavy atom. The maximum Gasteiger partial charge on any atom is 0.416 e. The third-order valence-corrected chi connectivity index (χ3v) is 6.73. The van der Waals surface area contributed by atoms with E-state index < -0.39 is 17.8 Å². The van der Waals surface area contributed by atoms with Crippen LogP contribution in [0, 0.1) is 5.92 Å². The van der Waals surface area contributed by atoms with Crippen molar-refractivity contribution in [2.24, 2.45) is 5.92 Å². The smallest absolute Gasteiger partial charge is 0.416 e. The number of aromatic nitrogens is 3. The van der Waals surface area contributed by atoms with Gasteiger partial charge in [-0.1, -0.05) is 17.4 Å². The number of hydrogen-bond acceptors (Lipinski definition) is 8. The minimum atomic E-state index is -4.51. The van der Waals surface area contributed by atoms with Crippen molar-refractivity contribution in [1.82, 2.24) is 15.0 Å². The zero-order valence-electron chi connectivity index (χ0n) is 20.4. The first kappa shape index (κ1) is 26.4. The number of ether oxygens (including phenoxy) is 2. The van der Waals surface area contributed by atoms with Crippen LogP contribution in [0.25, 0.3) is 10.4 Å². The van der Waals surface area contributed by atoms with Crippen molar-refractivity contribution in [1.29, 1.82) is 0 Å². The van der Waals surface area contributed by atoms with Crippen LogP contribution in [0.2, 0.25) is 0 Å². The van der Waals surface area contributed by atoms with Gasteiger partial charge in [-0.3, -0.25) is 0 Å². The van der Waals surface area contributed by atoms with Crippen LogP contribution >= 0.6 is 11.3 Å². The van der Waals surface area contributed by atoms with Crippen molar-refractivity contribution in [2.75, 3.05) is 35.7 Å². The van der Waals surface area contributed by atoms with Crippen molar-refractivity contribution in [3.05, 3.63) is 72.7 Å². The van der Waals surface area contributed by atoms with Gasteiger partial charge in [0, 0.05) is 24.3 Å². The summed E-state index contributed by atoms with van der Waals surface area (Å²) in [6.45, 7) is 2.55. The SMILES string of the molecule is O=C(Nc1cnc(Oc2ccc(-c3cnc(NCCC4COC4)s3)cc2)nc1)Nc1cccc(C(F)(F)F)c1. The van der Waals surface area contributed by atoms with Gasteiger partial charge in [0.15, 0.2) is 5.13 Å². The molecule has 0 aliphatic carbocycles. The summed E-state index contributed by atoms with van der Waals surface area (Å²) in [4.78, 5) is 25.7. The van der Waals surface area contributed by atoms with Gasteiger partial charge in [-0.15, -0.1) is 0 Å². The molecule has 4 aromatic rings. The molecule has 5 rings (SSSR count). The highest BCUT2D eigenvalue weighted by Gasteiger charge is 2.30. The van der Waals surface area contributed by atoms with Crippen molar-refractivity contribution in [2.45, 2.75) is 12.6 Å². The fraction of sp³-hybridized carbons (Fsp3) is 0.231. The number of benzene rings is 2. The second kappa shape index (κ2) is 11.7. The molecule has 0 atom stereocenters. The zero-order valence-corrected chi connectivity index (χ0v) is 21.2. The van der Waals surface area contributed by atoms with Crippen molar-refractivity contribution in [3.8, 4) is 22.2 Å². The van der Waals surface area contributed by atoms with Gasteiger partial charge in [0.05, 0.1) is 41.7 Å². The Kier molecular flexibility index (Phi) is 7.89. The lowest BCUT2D eigenvalue weighted by molar-refractivity contribution is -0.137. The molecule has 0 saturated carbocycles. The summed E-state index contributed by atoms with van der Waals surface area (Å²) in [5.41, 5.74) is 0.361. The first-order chi connectivity index (χ1) is 18.8. The Balaban J connectivity index is 1.11. The summed E-state index contributed by atoms with van der Waals surface area (Å²) >= 11 is 1.57. The summed E-state index contributed by atoms with van der Waals surface area (Å²) in [5, 5.41) is 9.04. The fourth-order valence-electron chi connectivity index (χ4n) is 3.62. The molecule has 0 spiro atoms. The molecule has 1 fully saturated rings. The molecule has 0 radical (unpaired) electrons. The summed E-state index contributed by atoms with van der Waals surface area (Å²) in [6, 6.07) is 11.0. The van der Waals surface area contributed by atoms with Gasteiger partial charge in [0.1, 0.15) is 5.75 Å². The lowest BCUT2D eigenvalue weighted by Crippen LogP contribution is -2.29. The highest BCUT2D eigenvalue weighted by molar-refractivity contribution is 7.18. The van der Waals surface area contributed by atoms with Crippen LogP contribution in [0.5, 0.6) is 11.8 Å². The molecule has 3 heterocycles. The second-order valence-corrected chi connectivity index (χ2v) is 9.72. The molecule has 2 amide bonds. The first-order valence-electron chi connectivity index (χ1n) is 11.9. The quantitative estimate of drug-likeness (QED) is 0.216. The number of alkyl halides is 3. The summed E-state index contributed by atoms with van der Waals surface area (Å²) in [5.74, 6) is 1.16. The van der Waals surface area contributed by atoms with Crippen LogP contribution < -0.4 is 20.7 Å². The van der Waals surface area contributed by atoms with Gasteiger partial charge >= 0.3 is 18.2 Å². The number of thiazole rings is 1. The van der Waals surface area contributed by atoms with Gasteiger partial charge in [0.25, 0.3) is 0 Å². The number of anilines is 3. The lowest BCUT2D eigenvalue weighted by atomic mass is 10.0. The molecule has 1 saturated heterocycles. The molecule has 0 unspecified atom stereocenters. The minimum Gasteiger partial charge on any atom is -0.424 e. The molecular formula is C26H23F3N6O3S. The predicted octanol–water partition coefficient (Wildman–Crippen LogP) is 6.50. The van der Waals surface area contributed by atoms with E-state index in [1.165, 1.54) is 24.5 Å². The summed E-state index contributed by atoms with van der Waals surface area (Å²) in [6.07, 6.45) is 1.03. The third kappa shape index (κ3) is 7.21. The molecule has 13 heteroatoms. The van der Waals surface area contributed by atoms with Crippen LogP contribution in [0.4, 0.5) is 34.5 Å². The molecule has 9 nitrogen and oxygen atoms in total. The van der Waals surface area contributed by atoms with Crippen molar-refractivity contribution in [3.63, 3.8) is 0 Å². The van der Waals surface area contributed by atoms with Gasteiger partial charge in [-0.05, 0) is 54.4 Å². The number of halogens is 3. The van der Waals surface area contributed by atoms with Gasteiger partial charge in [-0.2, -0.15) is 13.2 Å². The first-order valence-corrected chi connectivity index (χ1v) is 12.8. The third-order valence-electron chi connectivity index (χ3n) is 5.72. The molecule has 2 aromatic heterocycles. The van der Waals surface area contributed by atoms with Crippen molar-refractivity contribution < 1.29 is 27.4 Å². The highest BCUT2D eigenvalue weighted by Crippen LogP contribution is 2.32. The van der Waals surface area contributed by atoms with Crippen LogP contribution in [0.1, 0.15) is 12.0 Å². The molecule has 1 aliphatic heterocycles. The predicted molar refractivity (Wildman–Crippen MR) is 141 cm³/mol. The Labute approximate surface area is 225 Å².